The number of hydrogen-bond acceptors (Lipinski definition) is 2. The summed E-state index contributed by atoms with van der Waals surface area (Å²) >= 11 is 12.0. The van der Waals surface area contributed by atoms with Crippen molar-refractivity contribution in [3.05, 3.63) is 51.0 Å². The van der Waals surface area contributed by atoms with Gasteiger partial charge in [0, 0.05) is 20.1 Å². The van der Waals surface area contributed by atoms with Gasteiger partial charge in [-0.2, -0.15) is 5.10 Å². The minimum atomic E-state index is -0.405. The summed E-state index contributed by atoms with van der Waals surface area (Å²) in [6.07, 6.45) is 0.806. The Morgan fingerprint density at radius 3 is 2.65 bits per heavy atom. The molecular formula is C14H16Cl2FN3. The summed E-state index contributed by atoms with van der Waals surface area (Å²) in [4.78, 5) is 0. The molecule has 0 spiro atoms. The van der Waals surface area contributed by atoms with E-state index >= 15 is 0 Å². The molecule has 6 heteroatoms. The first kappa shape index (κ1) is 15.3. The number of aryl methyl sites for hydroxylation is 2. The molecule has 0 fully saturated rings. The van der Waals surface area contributed by atoms with Gasteiger partial charge in [0.1, 0.15) is 5.82 Å². The molecule has 0 saturated heterocycles. The van der Waals surface area contributed by atoms with Gasteiger partial charge in [0.05, 0.1) is 21.4 Å². The zero-order valence-corrected chi connectivity index (χ0v) is 12.9. The molecule has 0 atom stereocenters. The lowest BCUT2D eigenvalue weighted by atomic mass is 10.2. The van der Waals surface area contributed by atoms with Gasteiger partial charge in [-0.15, -0.1) is 0 Å². The molecule has 0 unspecified atom stereocenters. The summed E-state index contributed by atoms with van der Waals surface area (Å²) in [5.41, 5.74) is 2.76. The Balaban J connectivity index is 1.99. The van der Waals surface area contributed by atoms with Gasteiger partial charge < -0.3 is 5.32 Å². The minimum Gasteiger partial charge on any atom is -0.307 e. The fraction of sp³-hybridized carbons (Fsp3) is 0.357. The topological polar surface area (TPSA) is 29.9 Å². The molecule has 2 rings (SSSR count). The average molecular weight is 316 g/mol. The zero-order valence-electron chi connectivity index (χ0n) is 11.4. The third-order valence-corrected chi connectivity index (χ3v) is 3.83. The van der Waals surface area contributed by atoms with E-state index in [4.69, 9.17) is 23.2 Å². The van der Waals surface area contributed by atoms with Gasteiger partial charge in [0.2, 0.25) is 0 Å². The molecule has 0 aliphatic carbocycles. The average Bonchev–Trinajstić information content (AvgIpc) is 2.70. The standard InChI is InChI=1S/C14H16Cl2FN3/c1-3-12-14(16)13(20(2)19-12)8-18-7-9-4-5-11(17)10(15)6-9/h4-6,18H,3,7-8H2,1-2H3. The van der Waals surface area contributed by atoms with E-state index in [0.717, 1.165) is 23.4 Å². The molecule has 0 aliphatic rings. The highest BCUT2D eigenvalue weighted by atomic mass is 35.5. The van der Waals surface area contributed by atoms with Gasteiger partial charge >= 0.3 is 0 Å². The highest BCUT2D eigenvalue weighted by molar-refractivity contribution is 6.32. The molecule has 0 amide bonds. The van der Waals surface area contributed by atoms with Crippen molar-refractivity contribution < 1.29 is 4.39 Å². The van der Waals surface area contributed by atoms with Crippen LogP contribution in [0.3, 0.4) is 0 Å². The van der Waals surface area contributed by atoms with Gasteiger partial charge in [0.15, 0.2) is 0 Å². The van der Waals surface area contributed by atoms with E-state index < -0.39 is 5.82 Å². The second kappa shape index (κ2) is 6.57. The molecule has 0 aliphatic heterocycles. The molecule has 2 aromatic rings. The number of nitrogens with zero attached hydrogens (tertiary/aromatic N) is 2. The van der Waals surface area contributed by atoms with E-state index in [0.29, 0.717) is 18.1 Å². The third kappa shape index (κ3) is 3.32. The van der Waals surface area contributed by atoms with Crippen LogP contribution in [0, 0.1) is 5.82 Å². The summed E-state index contributed by atoms with van der Waals surface area (Å²) < 4.78 is 14.8. The molecule has 1 N–H and O–H groups in total. The van der Waals surface area contributed by atoms with Gasteiger partial charge in [-0.1, -0.05) is 36.2 Å². The minimum absolute atomic E-state index is 0.135. The van der Waals surface area contributed by atoms with Crippen molar-refractivity contribution in [2.24, 2.45) is 7.05 Å². The van der Waals surface area contributed by atoms with Crippen LogP contribution in [0.25, 0.3) is 0 Å². The van der Waals surface area contributed by atoms with Crippen LogP contribution in [0.5, 0.6) is 0 Å². The summed E-state index contributed by atoms with van der Waals surface area (Å²) in [5.74, 6) is -0.405. The summed E-state index contributed by atoms with van der Waals surface area (Å²) in [7, 11) is 1.87. The third-order valence-electron chi connectivity index (χ3n) is 3.11. The molecule has 0 radical (unpaired) electrons. The van der Waals surface area contributed by atoms with E-state index in [1.54, 1.807) is 16.8 Å². The second-order valence-corrected chi connectivity index (χ2v) is 5.32. The summed E-state index contributed by atoms with van der Waals surface area (Å²) in [5, 5.41) is 8.45. The Morgan fingerprint density at radius 2 is 2.05 bits per heavy atom. The van der Waals surface area contributed by atoms with Gasteiger partial charge in [0.25, 0.3) is 0 Å². The van der Waals surface area contributed by atoms with Crippen LogP contribution in [0.4, 0.5) is 4.39 Å². The molecule has 1 aromatic heterocycles. The number of nitrogens with one attached hydrogen (secondary N) is 1. The van der Waals surface area contributed by atoms with Crippen molar-refractivity contribution in [2.75, 3.05) is 0 Å². The Hall–Kier alpha value is -1.10. The summed E-state index contributed by atoms with van der Waals surface area (Å²) in [6.45, 7) is 3.20. The van der Waals surface area contributed by atoms with Crippen molar-refractivity contribution in [3.8, 4) is 0 Å². The molecule has 0 bridgehead atoms. The van der Waals surface area contributed by atoms with Crippen LogP contribution in [-0.2, 0) is 26.6 Å². The van der Waals surface area contributed by atoms with Crippen LogP contribution >= 0.6 is 23.2 Å². The molecule has 1 heterocycles. The van der Waals surface area contributed by atoms with Crippen LogP contribution in [0.1, 0.15) is 23.9 Å². The van der Waals surface area contributed by atoms with Crippen molar-refractivity contribution in [1.29, 1.82) is 0 Å². The fourth-order valence-electron chi connectivity index (χ4n) is 1.99. The Bertz CT molecular complexity index is 611. The SMILES string of the molecule is CCc1nn(C)c(CNCc2ccc(F)c(Cl)c2)c1Cl. The van der Waals surface area contributed by atoms with Crippen molar-refractivity contribution in [3.63, 3.8) is 0 Å². The predicted octanol–water partition coefficient (Wildman–Crippen LogP) is 3.72. The Labute approximate surface area is 127 Å². The monoisotopic (exact) mass is 315 g/mol. The first-order chi connectivity index (χ1) is 9.52. The zero-order chi connectivity index (χ0) is 14.7. The lowest BCUT2D eigenvalue weighted by Crippen LogP contribution is -2.15. The van der Waals surface area contributed by atoms with E-state index in [-0.39, 0.29) is 5.02 Å². The highest BCUT2D eigenvalue weighted by Crippen LogP contribution is 2.21. The first-order valence-corrected chi connectivity index (χ1v) is 7.13. The number of benzene rings is 1. The largest absolute Gasteiger partial charge is 0.307 e. The predicted molar refractivity (Wildman–Crippen MR) is 79.5 cm³/mol. The van der Waals surface area contributed by atoms with Crippen LogP contribution in [0.2, 0.25) is 10.0 Å². The van der Waals surface area contributed by atoms with Crippen molar-refractivity contribution >= 4 is 23.2 Å². The van der Waals surface area contributed by atoms with E-state index in [2.05, 4.69) is 10.4 Å². The fourth-order valence-corrected chi connectivity index (χ4v) is 2.55. The lowest BCUT2D eigenvalue weighted by Gasteiger charge is -2.07. The normalized spacial score (nSPS) is 11.1. The smallest absolute Gasteiger partial charge is 0.141 e. The Morgan fingerprint density at radius 1 is 1.30 bits per heavy atom. The quantitative estimate of drug-likeness (QED) is 0.911. The highest BCUT2D eigenvalue weighted by Gasteiger charge is 2.12. The maximum absolute atomic E-state index is 13.1. The molecule has 3 nitrogen and oxygen atoms in total. The van der Waals surface area contributed by atoms with Crippen molar-refractivity contribution in [2.45, 2.75) is 26.4 Å². The van der Waals surface area contributed by atoms with Gasteiger partial charge in [-0.05, 0) is 24.1 Å². The number of aromatic nitrogens is 2. The van der Waals surface area contributed by atoms with Crippen LogP contribution in [0.15, 0.2) is 18.2 Å². The van der Waals surface area contributed by atoms with E-state index in [1.165, 1.54) is 6.07 Å². The molecule has 108 valence electrons. The lowest BCUT2D eigenvalue weighted by molar-refractivity contribution is 0.616. The number of halogens is 3. The van der Waals surface area contributed by atoms with Gasteiger partial charge in [-0.3, -0.25) is 4.68 Å². The molecule has 20 heavy (non-hydrogen) atoms. The second-order valence-electron chi connectivity index (χ2n) is 4.54. The van der Waals surface area contributed by atoms with Crippen molar-refractivity contribution in [1.82, 2.24) is 15.1 Å². The van der Waals surface area contributed by atoms with Gasteiger partial charge in [-0.25, -0.2) is 4.39 Å². The van der Waals surface area contributed by atoms with Crippen LogP contribution < -0.4 is 5.32 Å². The molecule has 1 aromatic carbocycles. The number of rotatable bonds is 5. The maximum Gasteiger partial charge on any atom is 0.141 e. The molecular weight excluding hydrogens is 300 g/mol. The maximum atomic E-state index is 13.1. The summed E-state index contributed by atoms with van der Waals surface area (Å²) in [6, 6.07) is 4.69. The Kier molecular flexibility index (Phi) is 5.02. The first-order valence-electron chi connectivity index (χ1n) is 6.37. The van der Waals surface area contributed by atoms with E-state index in [9.17, 15) is 4.39 Å². The van der Waals surface area contributed by atoms with E-state index in [1.807, 2.05) is 14.0 Å². The molecule has 0 saturated carbocycles. The number of hydrogen-bond donors (Lipinski definition) is 1. The van der Waals surface area contributed by atoms with Crippen LogP contribution in [-0.4, -0.2) is 9.78 Å².